The van der Waals surface area contributed by atoms with Crippen LogP contribution in [0.2, 0.25) is 5.02 Å². The molecule has 0 aromatic heterocycles. The molecule has 68 valence electrons. The van der Waals surface area contributed by atoms with Crippen molar-refractivity contribution in [2.24, 2.45) is 0 Å². The Morgan fingerprint density at radius 1 is 1.54 bits per heavy atom. The van der Waals surface area contributed by atoms with Crippen LogP contribution in [-0.2, 0) is 4.79 Å². The number of carbonyl (C=O) groups excluding carboxylic acids is 1. The highest BCUT2D eigenvalue weighted by molar-refractivity contribution is 9.11. The summed E-state index contributed by atoms with van der Waals surface area (Å²) in [5, 5.41) is 0.630. The second-order valence-electron chi connectivity index (χ2n) is 2.58. The maximum atomic E-state index is 10.7. The van der Waals surface area contributed by atoms with Crippen LogP contribution >= 0.6 is 27.5 Å². The van der Waals surface area contributed by atoms with Crippen molar-refractivity contribution in [3.05, 3.63) is 39.3 Å². The number of allylic oxidation sites excluding steroid dienone is 2. The van der Waals surface area contributed by atoms with Crippen molar-refractivity contribution in [1.82, 2.24) is 0 Å². The summed E-state index contributed by atoms with van der Waals surface area (Å²) in [6, 6.07) is 7.20. The Bertz CT molecular complexity index is 354. The fourth-order valence-corrected chi connectivity index (χ4v) is 1.52. The molecule has 1 aromatic carbocycles. The maximum absolute atomic E-state index is 10.7. The lowest BCUT2D eigenvalue weighted by atomic mass is 10.1. The van der Waals surface area contributed by atoms with Gasteiger partial charge in [-0.3, -0.25) is 4.79 Å². The Morgan fingerprint density at radius 3 is 2.69 bits per heavy atom. The van der Waals surface area contributed by atoms with E-state index in [9.17, 15) is 4.79 Å². The number of benzene rings is 1. The third kappa shape index (κ3) is 2.68. The molecule has 0 saturated heterocycles. The molecule has 0 saturated carbocycles. The summed E-state index contributed by atoms with van der Waals surface area (Å²) in [6.45, 7) is 1.82. The fraction of sp³-hybridized carbons (Fsp3) is 0.100. The zero-order valence-electron chi connectivity index (χ0n) is 7.05. The molecule has 3 heteroatoms. The second kappa shape index (κ2) is 4.58. The predicted octanol–water partition coefficient (Wildman–Crippen LogP) is 3.66. The lowest BCUT2D eigenvalue weighted by molar-refractivity contribution is -0.103. The molecule has 0 fully saturated rings. The Labute approximate surface area is 90.5 Å². The van der Waals surface area contributed by atoms with E-state index in [1.807, 2.05) is 19.1 Å². The first-order chi connectivity index (χ1) is 6.15. The van der Waals surface area contributed by atoms with Gasteiger partial charge in [-0.25, -0.2) is 0 Å². The van der Waals surface area contributed by atoms with Gasteiger partial charge in [-0.1, -0.05) is 39.7 Å². The van der Waals surface area contributed by atoms with Crippen LogP contribution in [0.1, 0.15) is 12.5 Å². The Balaban J connectivity index is 3.21. The maximum Gasteiger partial charge on any atom is 0.151 e. The molecule has 0 heterocycles. The van der Waals surface area contributed by atoms with Crippen molar-refractivity contribution >= 4 is 39.4 Å². The van der Waals surface area contributed by atoms with Crippen LogP contribution in [0.4, 0.5) is 0 Å². The first-order valence-corrected chi connectivity index (χ1v) is 4.89. The van der Waals surface area contributed by atoms with Gasteiger partial charge in [-0.15, -0.1) is 0 Å². The van der Waals surface area contributed by atoms with E-state index in [-0.39, 0.29) is 0 Å². The summed E-state index contributed by atoms with van der Waals surface area (Å²) in [5.74, 6) is 0. The molecule has 0 N–H and O–H groups in total. The van der Waals surface area contributed by atoms with E-state index in [1.165, 1.54) is 0 Å². The van der Waals surface area contributed by atoms with Crippen LogP contribution in [0.3, 0.4) is 0 Å². The van der Waals surface area contributed by atoms with E-state index in [0.717, 1.165) is 16.3 Å². The zero-order chi connectivity index (χ0) is 9.84. The molecular formula is C10H8BrClO. The van der Waals surface area contributed by atoms with Crippen LogP contribution < -0.4 is 0 Å². The monoisotopic (exact) mass is 258 g/mol. The molecule has 13 heavy (non-hydrogen) atoms. The van der Waals surface area contributed by atoms with Crippen molar-refractivity contribution in [2.75, 3.05) is 0 Å². The number of rotatable bonds is 2. The van der Waals surface area contributed by atoms with Crippen LogP contribution in [0.5, 0.6) is 0 Å². The van der Waals surface area contributed by atoms with E-state index in [2.05, 4.69) is 15.9 Å². The highest BCUT2D eigenvalue weighted by Crippen LogP contribution is 2.22. The largest absolute Gasteiger partial charge is 0.298 e. The van der Waals surface area contributed by atoms with Crippen LogP contribution in [0, 0.1) is 0 Å². The summed E-state index contributed by atoms with van der Waals surface area (Å²) in [4.78, 5) is 10.7. The van der Waals surface area contributed by atoms with Crippen molar-refractivity contribution in [2.45, 2.75) is 6.92 Å². The van der Waals surface area contributed by atoms with Crippen LogP contribution in [-0.4, -0.2) is 6.29 Å². The predicted molar refractivity (Wildman–Crippen MR) is 59.0 cm³/mol. The van der Waals surface area contributed by atoms with E-state index < -0.39 is 0 Å². The van der Waals surface area contributed by atoms with Gasteiger partial charge in [0.2, 0.25) is 0 Å². The summed E-state index contributed by atoms with van der Waals surface area (Å²) < 4.78 is 0.810. The Kier molecular flexibility index (Phi) is 3.70. The summed E-state index contributed by atoms with van der Waals surface area (Å²) in [5.41, 5.74) is 1.46. The number of aldehydes is 1. The van der Waals surface area contributed by atoms with Crippen molar-refractivity contribution < 1.29 is 4.79 Å². The topological polar surface area (TPSA) is 17.1 Å². The standard InChI is InChI=1S/C10H8BrClO/c1-7(11)10(6-13)8-3-2-4-9(12)5-8/h2-6H,1H3. The Morgan fingerprint density at radius 2 is 2.23 bits per heavy atom. The first-order valence-electron chi connectivity index (χ1n) is 3.72. The molecule has 0 unspecified atom stereocenters. The van der Waals surface area contributed by atoms with Crippen molar-refractivity contribution in [1.29, 1.82) is 0 Å². The minimum absolute atomic E-state index is 0.627. The molecule has 0 spiro atoms. The van der Waals surface area contributed by atoms with E-state index in [0.29, 0.717) is 10.6 Å². The van der Waals surface area contributed by atoms with Gasteiger partial charge >= 0.3 is 0 Å². The third-order valence-electron chi connectivity index (χ3n) is 1.62. The van der Waals surface area contributed by atoms with Gasteiger partial charge in [0.05, 0.1) is 0 Å². The van der Waals surface area contributed by atoms with Crippen LogP contribution in [0.25, 0.3) is 5.57 Å². The number of hydrogen-bond donors (Lipinski definition) is 0. The highest BCUT2D eigenvalue weighted by atomic mass is 79.9. The molecule has 1 nitrogen and oxygen atoms in total. The van der Waals surface area contributed by atoms with Gasteiger partial charge in [0.15, 0.2) is 6.29 Å². The van der Waals surface area contributed by atoms with E-state index in [4.69, 9.17) is 11.6 Å². The summed E-state index contributed by atoms with van der Waals surface area (Å²) in [7, 11) is 0. The molecule has 0 aliphatic rings. The zero-order valence-corrected chi connectivity index (χ0v) is 9.39. The molecular weight excluding hydrogens is 251 g/mol. The minimum Gasteiger partial charge on any atom is -0.298 e. The molecule has 1 rings (SSSR count). The molecule has 0 radical (unpaired) electrons. The van der Waals surface area contributed by atoms with E-state index >= 15 is 0 Å². The number of hydrogen-bond acceptors (Lipinski definition) is 1. The van der Waals surface area contributed by atoms with Gasteiger partial charge in [0, 0.05) is 15.1 Å². The molecule has 1 aromatic rings. The average Bonchev–Trinajstić information content (AvgIpc) is 2.04. The third-order valence-corrected chi connectivity index (χ3v) is 2.29. The Hall–Kier alpha value is -0.600. The molecule has 0 atom stereocenters. The SMILES string of the molecule is CC(Br)=C(C=O)c1cccc(Cl)c1. The normalized spacial score (nSPS) is 12.2. The van der Waals surface area contributed by atoms with Crippen LogP contribution in [0.15, 0.2) is 28.7 Å². The van der Waals surface area contributed by atoms with Crippen molar-refractivity contribution in [3.63, 3.8) is 0 Å². The van der Waals surface area contributed by atoms with E-state index in [1.54, 1.807) is 12.1 Å². The molecule has 0 bridgehead atoms. The molecule has 0 aliphatic carbocycles. The van der Waals surface area contributed by atoms with Gasteiger partial charge in [0.1, 0.15) is 0 Å². The lowest BCUT2D eigenvalue weighted by Gasteiger charge is -2.01. The fourth-order valence-electron chi connectivity index (χ4n) is 1.00. The second-order valence-corrected chi connectivity index (χ2v) is 4.20. The molecule has 0 aliphatic heterocycles. The van der Waals surface area contributed by atoms with Gasteiger partial charge in [-0.2, -0.15) is 0 Å². The quantitative estimate of drug-likeness (QED) is 0.585. The van der Waals surface area contributed by atoms with Gasteiger partial charge < -0.3 is 0 Å². The molecule has 0 amide bonds. The number of halogens is 2. The summed E-state index contributed by atoms with van der Waals surface area (Å²) >= 11 is 9.06. The highest BCUT2D eigenvalue weighted by Gasteiger charge is 2.02. The van der Waals surface area contributed by atoms with Crippen molar-refractivity contribution in [3.8, 4) is 0 Å². The number of carbonyl (C=O) groups is 1. The lowest BCUT2D eigenvalue weighted by Crippen LogP contribution is -1.86. The smallest absolute Gasteiger partial charge is 0.151 e. The first kappa shape index (κ1) is 10.5. The van der Waals surface area contributed by atoms with Gasteiger partial charge in [-0.05, 0) is 24.6 Å². The minimum atomic E-state index is 0.627. The summed E-state index contributed by atoms with van der Waals surface area (Å²) in [6.07, 6.45) is 0.815. The van der Waals surface area contributed by atoms with Gasteiger partial charge in [0.25, 0.3) is 0 Å². The average molecular weight is 260 g/mol.